The lowest BCUT2D eigenvalue weighted by Gasteiger charge is -2.43. The first-order chi connectivity index (χ1) is 16.8. The Hall–Kier alpha value is -3.17. The topological polar surface area (TPSA) is 108 Å². The molecule has 0 spiro atoms. The van der Waals surface area contributed by atoms with E-state index in [0.29, 0.717) is 17.1 Å². The number of nitrogens with zero attached hydrogens (tertiary/aromatic N) is 2. The van der Waals surface area contributed by atoms with E-state index in [1.807, 2.05) is 0 Å². The molecule has 1 saturated heterocycles. The summed E-state index contributed by atoms with van der Waals surface area (Å²) in [4.78, 5) is 42.8. The number of nitrogens with two attached hydrogens (primary N) is 1. The minimum Gasteiger partial charge on any atom is -0.350 e. The number of urea groups is 1. The molecule has 2 aromatic rings. The summed E-state index contributed by atoms with van der Waals surface area (Å²) in [7, 11) is 0. The Morgan fingerprint density at radius 2 is 1.69 bits per heavy atom. The summed E-state index contributed by atoms with van der Waals surface area (Å²) in [5, 5.41) is 6.23. The molecule has 4 rings (SSSR count). The number of carbonyl (C=O) groups is 3. The molecule has 1 aliphatic heterocycles. The predicted molar refractivity (Wildman–Crippen MR) is 131 cm³/mol. The molecule has 2 fully saturated rings. The van der Waals surface area contributed by atoms with E-state index in [1.165, 1.54) is 28.0 Å². The van der Waals surface area contributed by atoms with Crippen LogP contribution in [0.1, 0.15) is 42.5 Å². The average molecular weight is 502 g/mol. The quantitative estimate of drug-likeness (QED) is 0.595. The fourth-order valence-electron chi connectivity index (χ4n) is 4.62. The lowest BCUT2D eigenvalue weighted by atomic mass is 9.91. The first kappa shape index (κ1) is 24.9. The number of halogens is 2. The maximum Gasteiger partial charge on any atom is 0.323 e. The zero-order chi connectivity index (χ0) is 24.9. The van der Waals surface area contributed by atoms with Crippen LogP contribution in [0.3, 0.4) is 0 Å². The molecule has 2 aromatic carbocycles. The summed E-state index contributed by atoms with van der Waals surface area (Å²) in [6.45, 7) is 0.525. The third kappa shape index (κ3) is 6.10. The first-order valence-electron chi connectivity index (χ1n) is 11.8. The van der Waals surface area contributed by atoms with Gasteiger partial charge in [0.05, 0.1) is 0 Å². The van der Waals surface area contributed by atoms with Crippen LogP contribution in [0, 0.1) is 5.82 Å². The fraction of sp³-hybridized carbons (Fsp3) is 0.400. The van der Waals surface area contributed by atoms with Gasteiger partial charge in [-0.15, -0.1) is 0 Å². The monoisotopic (exact) mass is 501 g/mol. The van der Waals surface area contributed by atoms with Crippen molar-refractivity contribution in [3.05, 3.63) is 64.9 Å². The molecular formula is C25H29ClFN5O3. The maximum atomic E-state index is 13.8. The van der Waals surface area contributed by atoms with Crippen LogP contribution in [-0.2, 0) is 4.79 Å². The summed E-state index contributed by atoms with van der Waals surface area (Å²) in [6.07, 6.45) is 2.32. The molecule has 10 heteroatoms. The summed E-state index contributed by atoms with van der Waals surface area (Å²) in [6, 6.07) is 11.5. The largest absolute Gasteiger partial charge is 0.350 e. The SMILES string of the molecule is NC1CCC(NC(=O)C2N(C(=O)Nc3cccc(Cl)c3)CCCN2C(=O)c2cccc(F)c2)CC1. The standard InChI is InChI=1S/C25H29ClFN5O3/c26-17-5-2-7-21(15-17)30-25(35)32-13-3-12-31(24(34)16-4-1-6-18(27)14-16)23(32)22(33)29-20-10-8-19(28)9-11-20/h1-2,4-7,14-15,19-20,23H,3,8-13,28H2,(H,29,33)(H,30,35). The Bertz CT molecular complexity index is 1090. The van der Waals surface area contributed by atoms with E-state index in [-0.39, 0.29) is 30.7 Å². The number of hydrogen-bond donors (Lipinski definition) is 3. The molecule has 1 heterocycles. The summed E-state index contributed by atoms with van der Waals surface area (Å²) < 4.78 is 13.8. The van der Waals surface area contributed by atoms with E-state index >= 15 is 0 Å². The highest BCUT2D eigenvalue weighted by Crippen LogP contribution is 2.23. The second kappa shape index (κ2) is 11.0. The van der Waals surface area contributed by atoms with E-state index in [1.54, 1.807) is 24.3 Å². The Morgan fingerprint density at radius 3 is 2.40 bits per heavy atom. The molecule has 8 nitrogen and oxygen atoms in total. The second-order valence-electron chi connectivity index (χ2n) is 8.99. The molecule has 1 atom stereocenters. The second-order valence-corrected chi connectivity index (χ2v) is 9.43. The van der Waals surface area contributed by atoms with Gasteiger partial charge < -0.3 is 21.3 Å². The van der Waals surface area contributed by atoms with Crippen LogP contribution in [0.4, 0.5) is 14.9 Å². The van der Waals surface area contributed by atoms with Gasteiger partial charge in [-0.1, -0.05) is 23.7 Å². The van der Waals surface area contributed by atoms with E-state index in [9.17, 15) is 18.8 Å². The van der Waals surface area contributed by atoms with Crippen molar-refractivity contribution in [2.24, 2.45) is 5.73 Å². The summed E-state index contributed by atoms with van der Waals surface area (Å²) in [5.41, 5.74) is 6.57. The van der Waals surface area contributed by atoms with Crippen molar-refractivity contribution >= 4 is 35.1 Å². The van der Waals surface area contributed by atoms with E-state index in [4.69, 9.17) is 17.3 Å². The molecule has 1 aliphatic carbocycles. The van der Waals surface area contributed by atoms with Crippen LogP contribution in [0.5, 0.6) is 0 Å². The molecule has 0 aromatic heterocycles. The van der Waals surface area contributed by atoms with Crippen LogP contribution < -0.4 is 16.4 Å². The number of benzene rings is 2. The highest BCUT2D eigenvalue weighted by molar-refractivity contribution is 6.30. The maximum absolute atomic E-state index is 13.8. The number of hydrogen-bond acceptors (Lipinski definition) is 4. The van der Waals surface area contributed by atoms with Crippen molar-refractivity contribution in [2.75, 3.05) is 18.4 Å². The van der Waals surface area contributed by atoms with Crippen molar-refractivity contribution in [1.82, 2.24) is 15.1 Å². The van der Waals surface area contributed by atoms with E-state index in [0.717, 1.165) is 31.7 Å². The number of anilines is 1. The van der Waals surface area contributed by atoms with E-state index < -0.39 is 29.8 Å². The minimum absolute atomic E-state index is 0.0896. The van der Waals surface area contributed by atoms with Crippen molar-refractivity contribution < 1.29 is 18.8 Å². The third-order valence-corrected chi connectivity index (χ3v) is 6.65. The van der Waals surface area contributed by atoms with Crippen LogP contribution in [-0.4, -0.2) is 59.0 Å². The van der Waals surface area contributed by atoms with Crippen LogP contribution in [0.25, 0.3) is 0 Å². The number of nitrogens with one attached hydrogen (secondary N) is 2. The molecule has 0 bridgehead atoms. The Balaban J connectivity index is 1.59. The molecule has 186 valence electrons. The Kier molecular flexibility index (Phi) is 7.87. The summed E-state index contributed by atoms with van der Waals surface area (Å²) in [5.74, 6) is -1.52. The predicted octanol–water partition coefficient (Wildman–Crippen LogP) is 3.57. The molecule has 4 amide bonds. The molecule has 1 saturated carbocycles. The van der Waals surface area contributed by atoms with Crippen molar-refractivity contribution in [3.8, 4) is 0 Å². The molecule has 2 aliphatic rings. The van der Waals surface area contributed by atoms with Gasteiger partial charge >= 0.3 is 6.03 Å². The van der Waals surface area contributed by atoms with Crippen LogP contribution in [0.2, 0.25) is 5.02 Å². The molecule has 35 heavy (non-hydrogen) atoms. The molecule has 0 radical (unpaired) electrons. The van der Waals surface area contributed by atoms with Gasteiger partial charge in [0.25, 0.3) is 11.8 Å². The van der Waals surface area contributed by atoms with Gasteiger partial charge in [0.1, 0.15) is 5.82 Å². The highest BCUT2D eigenvalue weighted by Gasteiger charge is 2.41. The Labute approximate surface area is 208 Å². The smallest absolute Gasteiger partial charge is 0.323 e. The van der Waals surface area contributed by atoms with Gasteiger partial charge in [0, 0.05) is 41.4 Å². The molecule has 1 unspecified atom stereocenters. The van der Waals surface area contributed by atoms with Gasteiger partial charge in [-0.05, 0) is 68.5 Å². The fourth-order valence-corrected chi connectivity index (χ4v) is 4.81. The normalized spacial score (nSPS) is 22.4. The van der Waals surface area contributed by atoms with Crippen molar-refractivity contribution in [2.45, 2.75) is 50.4 Å². The van der Waals surface area contributed by atoms with E-state index in [2.05, 4.69) is 10.6 Å². The van der Waals surface area contributed by atoms with Crippen molar-refractivity contribution in [3.63, 3.8) is 0 Å². The minimum atomic E-state index is -1.19. The van der Waals surface area contributed by atoms with Crippen molar-refractivity contribution in [1.29, 1.82) is 0 Å². The van der Waals surface area contributed by atoms with Gasteiger partial charge in [0.15, 0.2) is 6.17 Å². The molecule has 4 N–H and O–H groups in total. The molecular weight excluding hydrogens is 473 g/mol. The van der Waals surface area contributed by atoms with Gasteiger partial charge in [0.2, 0.25) is 0 Å². The third-order valence-electron chi connectivity index (χ3n) is 6.41. The number of rotatable bonds is 4. The average Bonchev–Trinajstić information content (AvgIpc) is 2.84. The Morgan fingerprint density at radius 1 is 0.971 bits per heavy atom. The zero-order valence-corrected chi connectivity index (χ0v) is 20.0. The van der Waals surface area contributed by atoms with Gasteiger partial charge in [-0.25, -0.2) is 9.18 Å². The zero-order valence-electron chi connectivity index (χ0n) is 19.3. The van der Waals surface area contributed by atoms with Crippen LogP contribution in [0.15, 0.2) is 48.5 Å². The first-order valence-corrected chi connectivity index (χ1v) is 12.2. The lowest BCUT2D eigenvalue weighted by Crippen LogP contribution is -2.65. The van der Waals surface area contributed by atoms with Gasteiger partial charge in [-0.2, -0.15) is 0 Å². The van der Waals surface area contributed by atoms with Crippen LogP contribution >= 0.6 is 11.6 Å². The lowest BCUT2D eigenvalue weighted by molar-refractivity contribution is -0.133. The number of carbonyl (C=O) groups excluding carboxylic acids is 3. The van der Waals surface area contributed by atoms with Gasteiger partial charge in [-0.3, -0.25) is 14.5 Å². The number of amides is 4. The summed E-state index contributed by atoms with van der Waals surface area (Å²) >= 11 is 6.04. The highest BCUT2D eigenvalue weighted by atomic mass is 35.5.